The van der Waals surface area contributed by atoms with Crippen molar-refractivity contribution in [3.63, 3.8) is 0 Å². The van der Waals surface area contributed by atoms with Crippen LogP contribution >= 0.6 is 58.0 Å². The van der Waals surface area contributed by atoms with Crippen LogP contribution in [0.4, 0.5) is 30.2 Å². The molecule has 0 heterocycles. The maximum Gasteiger partial charge on any atom is 0.257 e. The Bertz CT molecular complexity index is 1420. The number of hydrogen-bond donors (Lipinski definition) is 3. The summed E-state index contributed by atoms with van der Waals surface area (Å²) in [5.74, 6) is -6.56. The number of nitrogen functional groups attached to an aromatic ring is 1. The summed E-state index contributed by atoms with van der Waals surface area (Å²) in [6.45, 7) is 0. The Morgan fingerprint density at radius 2 is 1.58 bits per heavy atom. The number of halogens is 8. The van der Waals surface area contributed by atoms with E-state index < -0.39 is 67.4 Å². The molecule has 3 aromatic carbocycles. The molecule has 36 heavy (non-hydrogen) atoms. The molecule has 1 unspecified atom stereocenters. The van der Waals surface area contributed by atoms with Crippen LogP contribution in [0.1, 0.15) is 21.8 Å². The van der Waals surface area contributed by atoms with Gasteiger partial charge in [-0.25, -0.2) is 13.2 Å². The first-order valence-corrected chi connectivity index (χ1v) is 11.9. The number of hydrogen-bond acceptors (Lipinski definition) is 3. The smallest absolute Gasteiger partial charge is 0.257 e. The van der Waals surface area contributed by atoms with Crippen LogP contribution in [0.3, 0.4) is 0 Å². The van der Waals surface area contributed by atoms with Crippen molar-refractivity contribution in [3.05, 3.63) is 86.1 Å². The number of anilines is 3. The summed E-state index contributed by atoms with van der Waals surface area (Å²) in [5, 5.41) is 4.56. The summed E-state index contributed by atoms with van der Waals surface area (Å²) in [6, 6.07) is 8.43. The zero-order chi connectivity index (χ0) is 26.5. The summed E-state index contributed by atoms with van der Waals surface area (Å²) in [4.78, 5) is 25.6. The van der Waals surface area contributed by atoms with E-state index in [0.717, 1.165) is 24.3 Å². The van der Waals surface area contributed by atoms with Crippen molar-refractivity contribution in [2.24, 2.45) is 5.92 Å². The van der Waals surface area contributed by atoms with Gasteiger partial charge >= 0.3 is 0 Å². The Kier molecular flexibility index (Phi) is 7.29. The van der Waals surface area contributed by atoms with Crippen molar-refractivity contribution in [2.75, 3.05) is 16.4 Å². The van der Waals surface area contributed by atoms with Gasteiger partial charge in [-0.15, -0.1) is 23.2 Å². The second-order valence-electron chi connectivity index (χ2n) is 7.89. The van der Waals surface area contributed by atoms with Crippen molar-refractivity contribution >= 4 is 86.9 Å². The SMILES string of the molecule is Nc1c(F)ccc(NC(=O)c2cc(NC(=O)C3[C@H](c4ccc(Cl)c(Cl)c4)C3(Cl)Cl)cc(F)c2Cl)c1F. The Morgan fingerprint density at radius 3 is 2.25 bits per heavy atom. The summed E-state index contributed by atoms with van der Waals surface area (Å²) < 4.78 is 40.6. The largest absolute Gasteiger partial charge is 0.394 e. The summed E-state index contributed by atoms with van der Waals surface area (Å²) >= 11 is 30.5. The monoisotopic (exact) mass is 595 g/mol. The van der Waals surface area contributed by atoms with Crippen molar-refractivity contribution < 1.29 is 22.8 Å². The van der Waals surface area contributed by atoms with Crippen LogP contribution in [-0.4, -0.2) is 16.1 Å². The Balaban J connectivity index is 1.56. The lowest BCUT2D eigenvalue weighted by Crippen LogP contribution is -2.19. The molecule has 0 radical (unpaired) electrons. The molecule has 5 nitrogen and oxygen atoms in total. The van der Waals surface area contributed by atoms with Gasteiger partial charge in [-0.3, -0.25) is 9.59 Å². The maximum absolute atomic E-state index is 14.5. The first-order chi connectivity index (χ1) is 16.8. The van der Waals surface area contributed by atoms with E-state index in [2.05, 4.69) is 10.6 Å². The highest BCUT2D eigenvalue weighted by Gasteiger charge is 2.67. The lowest BCUT2D eigenvalue weighted by molar-refractivity contribution is -0.117. The predicted octanol–water partition coefficient (Wildman–Crippen LogP) is 7.42. The van der Waals surface area contributed by atoms with Crippen LogP contribution in [-0.2, 0) is 4.79 Å². The van der Waals surface area contributed by atoms with E-state index in [9.17, 15) is 22.8 Å². The number of benzene rings is 3. The molecular weight excluding hydrogens is 585 g/mol. The van der Waals surface area contributed by atoms with Crippen LogP contribution < -0.4 is 16.4 Å². The fourth-order valence-electron chi connectivity index (χ4n) is 3.68. The van der Waals surface area contributed by atoms with Crippen molar-refractivity contribution in [1.82, 2.24) is 0 Å². The Labute approximate surface area is 227 Å². The third-order valence-electron chi connectivity index (χ3n) is 5.55. The minimum atomic E-state index is -1.48. The molecule has 0 aliphatic heterocycles. The molecule has 0 saturated heterocycles. The number of nitrogens with one attached hydrogen (secondary N) is 2. The predicted molar refractivity (Wildman–Crippen MR) is 136 cm³/mol. The lowest BCUT2D eigenvalue weighted by atomic mass is 10.1. The van der Waals surface area contributed by atoms with Gasteiger partial charge in [0, 0.05) is 11.6 Å². The molecule has 1 fully saturated rings. The van der Waals surface area contributed by atoms with Gasteiger partial charge in [0.15, 0.2) is 5.82 Å². The fraction of sp³-hybridized carbons (Fsp3) is 0.130. The van der Waals surface area contributed by atoms with E-state index in [0.29, 0.717) is 10.6 Å². The van der Waals surface area contributed by atoms with E-state index in [4.69, 9.17) is 63.7 Å². The van der Waals surface area contributed by atoms with Crippen LogP contribution in [0.15, 0.2) is 42.5 Å². The van der Waals surface area contributed by atoms with Crippen molar-refractivity contribution in [2.45, 2.75) is 10.3 Å². The van der Waals surface area contributed by atoms with E-state index in [1.807, 2.05) is 0 Å². The van der Waals surface area contributed by atoms with E-state index in [1.165, 1.54) is 12.1 Å². The van der Waals surface area contributed by atoms with E-state index >= 15 is 0 Å². The van der Waals surface area contributed by atoms with Crippen LogP contribution in [0.25, 0.3) is 0 Å². The minimum Gasteiger partial charge on any atom is -0.394 e. The third-order valence-corrected chi connectivity index (χ3v) is 7.62. The molecular formula is C23H13Cl5F3N3O2. The Morgan fingerprint density at radius 1 is 0.889 bits per heavy atom. The highest BCUT2D eigenvalue weighted by Crippen LogP contribution is 2.65. The molecule has 2 atom stereocenters. The molecule has 0 bridgehead atoms. The van der Waals surface area contributed by atoms with Gasteiger partial charge in [-0.1, -0.05) is 40.9 Å². The second-order valence-corrected chi connectivity index (χ2v) is 10.5. The van der Waals surface area contributed by atoms with Crippen LogP contribution in [0.2, 0.25) is 15.1 Å². The molecule has 0 aromatic heterocycles. The first kappa shape index (κ1) is 26.7. The number of carbonyl (C=O) groups excluding carboxylic acids is 2. The highest BCUT2D eigenvalue weighted by atomic mass is 35.5. The number of amides is 2. The Hall–Kier alpha value is -2.36. The molecule has 1 aliphatic rings. The normalized spacial score (nSPS) is 18.0. The highest BCUT2D eigenvalue weighted by molar-refractivity contribution is 6.53. The van der Waals surface area contributed by atoms with E-state index in [-0.39, 0.29) is 10.7 Å². The molecule has 13 heteroatoms. The standard InChI is InChI=1S/C23H13Cl5F3N3O2/c24-11-2-1-8(5-12(11)25)16-17(23(16,27)28)22(36)33-9-6-10(18(26)14(30)7-9)21(35)34-15-4-3-13(29)20(32)19(15)31/h1-7,16-17H,32H2,(H,33,36)(H,34,35)/t16-,17?/m0/s1. The van der Waals surface area contributed by atoms with E-state index in [1.54, 1.807) is 6.07 Å². The molecule has 2 amide bonds. The lowest BCUT2D eigenvalue weighted by Gasteiger charge is -2.12. The zero-order valence-electron chi connectivity index (χ0n) is 17.6. The van der Waals surface area contributed by atoms with Crippen LogP contribution in [0, 0.1) is 23.4 Å². The number of alkyl halides is 2. The first-order valence-electron chi connectivity index (χ1n) is 10.0. The molecule has 1 aliphatic carbocycles. The fourth-order valence-corrected chi connectivity index (χ4v) is 5.01. The van der Waals surface area contributed by atoms with Gasteiger partial charge in [0.1, 0.15) is 21.7 Å². The van der Waals surface area contributed by atoms with Crippen LogP contribution in [0.5, 0.6) is 0 Å². The van der Waals surface area contributed by atoms with Crippen molar-refractivity contribution in [1.29, 1.82) is 0 Å². The van der Waals surface area contributed by atoms with Gasteiger partial charge in [0.2, 0.25) is 5.91 Å². The topological polar surface area (TPSA) is 84.2 Å². The zero-order valence-corrected chi connectivity index (χ0v) is 21.4. The van der Waals surface area contributed by atoms with Gasteiger partial charge in [-0.05, 0) is 42.0 Å². The molecule has 1 saturated carbocycles. The third kappa shape index (κ3) is 4.93. The number of nitrogens with two attached hydrogens (primary N) is 1. The molecule has 188 valence electrons. The summed E-state index contributed by atoms with van der Waals surface area (Å²) in [5.41, 5.74) is 4.01. The molecule has 3 aromatic rings. The van der Waals surface area contributed by atoms with Gasteiger partial charge < -0.3 is 16.4 Å². The number of rotatable bonds is 5. The minimum absolute atomic E-state index is 0.143. The van der Waals surface area contributed by atoms with Gasteiger partial charge in [0.05, 0.1) is 32.2 Å². The molecule has 0 spiro atoms. The average molecular weight is 598 g/mol. The molecule has 4 rings (SSSR count). The number of carbonyl (C=O) groups is 2. The average Bonchev–Trinajstić information content (AvgIpc) is 3.40. The quantitative estimate of drug-likeness (QED) is 0.211. The van der Waals surface area contributed by atoms with Gasteiger partial charge in [0.25, 0.3) is 5.91 Å². The summed E-state index contributed by atoms with van der Waals surface area (Å²) in [6.07, 6.45) is 0. The van der Waals surface area contributed by atoms with Gasteiger partial charge in [-0.2, -0.15) is 0 Å². The summed E-state index contributed by atoms with van der Waals surface area (Å²) in [7, 11) is 0. The molecule has 4 N–H and O–H groups in total. The van der Waals surface area contributed by atoms with Crippen molar-refractivity contribution in [3.8, 4) is 0 Å². The maximum atomic E-state index is 14.5. The second kappa shape index (κ2) is 9.84.